The van der Waals surface area contributed by atoms with Gasteiger partial charge < -0.3 is 4.90 Å². The lowest BCUT2D eigenvalue weighted by molar-refractivity contribution is -0.344. The molecule has 0 saturated carbocycles. The fourth-order valence-electron chi connectivity index (χ4n) is 3.43. The average Bonchev–Trinajstić information content (AvgIpc) is 2.72. The van der Waals surface area contributed by atoms with Crippen LogP contribution in [0.2, 0.25) is 5.02 Å². The standard InChI is InChI=1S/C21H20ClN3O2S/c22-18-6-7-19-20(16-18)23-10-8-21(19)24-11-13-25(14-12-24)28(26,27)15-9-17-4-2-1-3-5-17/h1-10,15-16H,11-14H2/p+1/b15-9+. The minimum Gasteiger partial charge on any atom is -0.368 e. The molecule has 144 valence electrons. The first-order chi connectivity index (χ1) is 13.5. The van der Waals surface area contributed by atoms with Crippen LogP contribution in [0.1, 0.15) is 5.56 Å². The molecular weight excluding hydrogens is 394 g/mol. The number of piperazine rings is 1. The topological polar surface area (TPSA) is 54.8 Å². The highest BCUT2D eigenvalue weighted by Crippen LogP contribution is 2.27. The molecule has 1 N–H and O–H groups in total. The number of hydrogen-bond donors (Lipinski definition) is 0. The van der Waals surface area contributed by atoms with Crippen molar-refractivity contribution in [1.29, 1.82) is 0 Å². The van der Waals surface area contributed by atoms with Gasteiger partial charge in [0, 0.05) is 48.7 Å². The summed E-state index contributed by atoms with van der Waals surface area (Å²) in [6, 6.07) is 17.2. The summed E-state index contributed by atoms with van der Waals surface area (Å²) >= 11 is 6.09. The fraction of sp³-hybridized carbons (Fsp3) is 0.190. The van der Waals surface area contributed by atoms with Crippen molar-refractivity contribution in [2.75, 3.05) is 31.1 Å². The van der Waals surface area contributed by atoms with E-state index in [1.165, 1.54) is 9.71 Å². The molecule has 1 aliphatic rings. The highest BCUT2D eigenvalue weighted by molar-refractivity contribution is 7.92. The van der Waals surface area contributed by atoms with Crippen molar-refractivity contribution in [3.05, 3.63) is 76.8 Å². The van der Waals surface area contributed by atoms with Crippen LogP contribution in [0, 0.1) is 0 Å². The maximum Gasteiger partial charge on any atom is 0.236 e. The Kier molecular flexibility index (Phi) is 5.35. The Morgan fingerprint density at radius 3 is 2.46 bits per heavy atom. The summed E-state index contributed by atoms with van der Waals surface area (Å²) in [4.78, 5) is 5.43. The Bertz CT molecular complexity index is 1110. The number of aromatic nitrogens is 1. The van der Waals surface area contributed by atoms with Crippen LogP contribution in [0.4, 0.5) is 5.69 Å². The van der Waals surface area contributed by atoms with Crippen molar-refractivity contribution < 1.29 is 13.4 Å². The minimum absolute atomic E-state index is 0.454. The molecule has 1 aromatic heterocycles. The molecule has 0 unspecified atom stereocenters. The third-order valence-corrected chi connectivity index (χ3v) is 6.71. The third-order valence-electron chi connectivity index (χ3n) is 4.91. The first-order valence-corrected chi connectivity index (χ1v) is 11.0. The maximum absolute atomic E-state index is 12.7. The van der Waals surface area contributed by atoms with E-state index < -0.39 is 10.0 Å². The SMILES string of the molecule is O=S(=O)(/C=C/c1ccccc1)N1CCN(c2cc[nH+]c3cc(Cl)ccc23)CC1. The van der Waals surface area contributed by atoms with Crippen molar-refractivity contribution >= 4 is 44.3 Å². The van der Waals surface area contributed by atoms with Crippen LogP contribution >= 0.6 is 11.6 Å². The van der Waals surface area contributed by atoms with Crippen molar-refractivity contribution in [2.45, 2.75) is 0 Å². The lowest BCUT2D eigenvalue weighted by Gasteiger charge is -2.34. The fourth-order valence-corrected chi connectivity index (χ4v) is 4.78. The number of anilines is 1. The molecule has 0 radical (unpaired) electrons. The van der Waals surface area contributed by atoms with Gasteiger partial charge in [-0.1, -0.05) is 41.9 Å². The second kappa shape index (κ2) is 7.91. The normalized spacial score (nSPS) is 16.1. The molecule has 1 saturated heterocycles. The van der Waals surface area contributed by atoms with E-state index in [1.807, 2.05) is 60.8 Å². The minimum atomic E-state index is -3.43. The number of nitrogens with zero attached hydrogens (tertiary/aromatic N) is 2. The van der Waals surface area contributed by atoms with Crippen molar-refractivity contribution in [3.63, 3.8) is 0 Å². The van der Waals surface area contributed by atoms with Crippen LogP contribution in [-0.4, -0.2) is 38.9 Å². The Hall–Kier alpha value is -2.41. The van der Waals surface area contributed by atoms with Gasteiger partial charge in [0.2, 0.25) is 15.5 Å². The van der Waals surface area contributed by atoms with Gasteiger partial charge in [0.1, 0.15) is 0 Å². The largest absolute Gasteiger partial charge is 0.368 e. The van der Waals surface area contributed by atoms with E-state index in [0.29, 0.717) is 31.2 Å². The number of halogens is 1. The number of sulfonamides is 1. The molecule has 0 bridgehead atoms. The Labute approximate surface area is 169 Å². The van der Waals surface area contributed by atoms with Crippen LogP contribution in [0.5, 0.6) is 0 Å². The molecule has 1 fully saturated rings. The molecule has 3 aromatic rings. The summed E-state index contributed by atoms with van der Waals surface area (Å²) in [5.41, 5.74) is 2.92. The van der Waals surface area contributed by atoms with E-state index >= 15 is 0 Å². The maximum atomic E-state index is 12.7. The monoisotopic (exact) mass is 414 g/mol. The predicted molar refractivity (Wildman–Crippen MR) is 114 cm³/mol. The first kappa shape index (κ1) is 18.9. The van der Waals surface area contributed by atoms with Crippen LogP contribution in [0.3, 0.4) is 0 Å². The van der Waals surface area contributed by atoms with Gasteiger partial charge in [-0.05, 0) is 23.8 Å². The summed E-state index contributed by atoms with van der Waals surface area (Å²) in [5.74, 6) is 0. The zero-order valence-corrected chi connectivity index (χ0v) is 16.8. The van der Waals surface area contributed by atoms with Crippen molar-refractivity contribution in [2.24, 2.45) is 0 Å². The first-order valence-electron chi connectivity index (χ1n) is 9.11. The number of pyridine rings is 1. The molecule has 0 amide bonds. The van der Waals surface area contributed by atoms with Gasteiger partial charge in [0.25, 0.3) is 0 Å². The average molecular weight is 415 g/mol. The molecule has 28 heavy (non-hydrogen) atoms. The van der Waals surface area contributed by atoms with Crippen LogP contribution < -0.4 is 9.88 Å². The molecule has 2 aromatic carbocycles. The summed E-state index contributed by atoms with van der Waals surface area (Å²) in [7, 11) is -3.43. The quantitative estimate of drug-likeness (QED) is 0.657. The number of fused-ring (bicyclic) bond motifs is 1. The van der Waals surface area contributed by atoms with E-state index in [9.17, 15) is 8.42 Å². The second-order valence-electron chi connectivity index (χ2n) is 6.70. The predicted octanol–water partition coefficient (Wildman–Crippen LogP) is 3.43. The number of benzene rings is 2. The number of rotatable bonds is 4. The summed E-state index contributed by atoms with van der Waals surface area (Å²) in [6.45, 7) is 2.19. The van der Waals surface area contributed by atoms with Gasteiger partial charge in [-0.3, -0.25) is 0 Å². The summed E-state index contributed by atoms with van der Waals surface area (Å²) < 4.78 is 26.8. The number of nitrogens with one attached hydrogen (secondary N) is 1. The third kappa shape index (κ3) is 4.04. The van der Waals surface area contributed by atoms with E-state index in [4.69, 9.17) is 11.6 Å². The van der Waals surface area contributed by atoms with Crippen LogP contribution in [0.25, 0.3) is 17.0 Å². The van der Waals surface area contributed by atoms with Gasteiger partial charge in [0.15, 0.2) is 6.20 Å². The second-order valence-corrected chi connectivity index (χ2v) is 8.95. The molecule has 7 heteroatoms. The molecule has 0 spiro atoms. The Morgan fingerprint density at radius 2 is 1.71 bits per heavy atom. The van der Waals surface area contributed by atoms with Crippen molar-refractivity contribution in [1.82, 2.24) is 4.31 Å². The molecule has 5 nitrogen and oxygen atoms in total. The van der Waals surface area contributed by atoms with E-state index in [2.05, 4.69) is 9.88 Å². The highest BCUT2D eigenvalue weighted by atomic mass is 35.5. The summed E-state index contributed by atoms with van der Waals surface area (Å²) in [6.07, 6.45) is 3.53. The van der Waals surface area contributed by atoms with Gasteiger partial charge in [-0.2, -0.15) is 4.31 Å². The zero-order chi connectivity index (χ0) is 19.6. The van der Waals surface area contributed by atoms with E-state index in [0.717, 1.165) is 22.2 Å². The van der Waals surface area contributed by atoms with Crippen molar-refractivity contribution in [3.8, 4) is 0 Å². The lowest BCUT2D eigenvalue weighted by atomic mass is 10.1. The molecular formula is C21H21ClN3O2S+. The Morgan fingerprint density at radius 1 is 0.964 bits per heavy atom. The summed E-state index contributed by atoms with van der Waals surface area (Å²) in [5, 5.41) is 3.06. The highest BCUT2D eigenvalue weighted by Gasteiger charge is 2.26. The van der Waals surface area contributed by atoms with Gasteiger partial charge >= 0.3 is 0 Å². The number of hydrogen-bond acceptors (Lipinski definition) is 3. The molecule has 4 rings (SSSR count). The van der Waals surface area contributed by atoms with Crippen LogP contribution in [-0.2, 0) is 10.0 Å². The van der Waals surface area contributed by atoms with Gasteiger partial charge in [-0.25, -0.2) is 13.4 Å². The number of H-pyrrole nitrogens is 1. The zero-order valence-electron chi connectivity index (χ0n) is 15.3. The molecule has 2 heterocycles. The smallest absolute Gasteiger partial charge is 0.236 e. The van der Waals surface area contributed by atoms with E-state index in [1.54, 1.807) is 6.08 Å². The molecule has 0 atom stereocenters. The molecule has 1 aliphatic heterocycles. The van der Waals surface area contributed by atoms with Gasteiger partial charge in [0.05, 0.1) is 11.1 Å². The van der Waals surface area contributed by atoms with Crippen LogP contribution in [0.15, 0.2) is 66.2 Å². The lowest BCUT2D eigenvalue weighted by Crippen LogP contribution is -2.48. The number of aromatic amines is 1. The van der Waals surface area contributed by atoms with E-state index in [-0.39, 0.29) is 0 Å². The van der Waals surface area contributed by atoms with Gasteiger partial charge in [-0.15, -0.1) is 0 Å². The molecule has 0 aliphatic carbocycles. The Balaban J connectivity index is 1.48.